The molecule has 0 amide bonds. The van der Waals surface area contributed by atoms with Gasteiger partial charge in [0.15, 0.2) is 5.03 Å². The number of aromatic nitrogens is 2. The van der Waals surface area contributed by atoms with Crippen molar-refractivity contribution in [3.63, 3.8) is 0 Å². The summed E-state index contributed by atoms with van der Waals surface area (Å²) < 4.78 is 29.5. The van der Waals surface area contributed by atoms with Crippen LogP contribution in [0.5, 0.6) is 5.75 Å². The fourth-order valence-corrected chi connectivity index (χ4v) is 2.76. The van der Waals surface area contributed by atoms with E-state index < -0.39 is 10.0 Å². The van der Waals surface area contributed by atoms with E-state index in [1.54, 1.807) is 14.0 Å². The van der Waals surface area contributed by atoms with Crippen LogP contribution in [0.2, 0.25) is 0 Å². The molecule has 7 heteroatoms. The van der Waals surface area contributed by atoms with Crippen molar-refractivity contribution in [3.05, 3.63) is 41.6 Å². The number of rotatable bonds is 4. The summed E-state index contributed by atoms with van der Waals surface area (Å²) in [7, 11) is -2.19. The largest absolute Gasteiger partial charge is 0.497 e. The van der Waals surface area contributed by atoms with Gasteiger partial charge in [-0.3, -0.25) is 0 Å². The van der Waals surface area contributed by atoms with Gasteiger partial charge in [0.25, 0.3) is 10.0 Å². The van der Waals surface area contributed by atoms with Crippen LogP contribution in [0.25, 0.3) is 0 Å². The maximum Gasteiger partial charge on any atom is 0.255 e. The molecule has 0 spiro atoms. The van der Waals surface area contributed by atoms with Crippen LogP contribution in [0.4, 0.5) is 0 Å². The molecule has 0 saturated heterocycles. The van der Waals surface area contributed by atoms with Crippen molar-refractivity contribution in [3.8, 4) is 5.75 Å². The van der Waals surface area contributed by atoms with Crippen LogP contribution in [0.3, 0.4) is 0 Å². The Kier molecular flexibility index (Phi) is 3.59. The average molecular weight is 281 g/mol. The zero-order chi connectivity index (χ0) is 14.0. The van der Waals surface area contributed by atoms with E-state index in [1.165, 1.54) is 10.9 Å². The molecule has 1 aromatic heterocycles. The molecule has 6 nitrogen and oxygen atoms in total. The molecule has 1 heterocycles. The third kappa shape index (κ3) is 2.94. The highest BCUT2D eigenvalue weighted by molar-refractivity contribution is 7.89. The first-order valence-corrected chi connectivity index (χ1v) is 7.14. The molecular formula is C12H15N3O3S. The van der Waals surface area contributed by atoms with E-state index >= 15 is 0 Å². The van der Waals surface area contributed by atoms with Crippen LogP contribution >= 0.6 is 0 Å². The van der Waals surface area contributed by atoms with E-state index in [0.29, 0.717) is 12.1 Å². The molecule has 0 radical (unpaired) electrons. The van der Waals surface area contributed by atoms with Crippen LogP contribution in [0.1, 0.15) is 11.1 Å². The lowest BCUT2D eigenvalue weighted by Gasteiger charge is -2.07. The molecule has 2 rings (SSSR count). The molecule has 0 aliphatic rings. The third-order valence-electron chi connectivity index (χ3n) is 2.72. The van der Waals surface area contributed by atoms with E-state index in [0.717, 1.165) is 11.3 Å². The van der Waals surface area contributed by atoms with Crippen molar-refractivity contribution in [1.82, 2.24) is 9.78 Å². The number of primary sulfonamides is 1. The quantitative estimate of drug-likeness (QED) is 0.901. The number of aryl methyl sites for hydroxylation is 1. The molecule has 102 valence electrons. The van der Waals surface area contributed by atoms with Gasteiger partial charge in [-0.1, -0.05) is 12.1 Å². The fourth-order valence-electron chi connectivity index (χ4n) is 1.86. The van der Waals surface area contributed by atoms with Gasteiger partial charge >= 0.3 is 0 Å². The van der Waals surface area contributed by atoms with Crippen LogP contribution in [-0.2, 0) is 16.6 Å². The van der Waals surface area contributed by atoms with Gasteiger partial charge in [0, 0.05) is 5.56 Å². The second-order valence-electron chi connectivity index (χ2n) is 4.18. The SMILES string of the molecule is COc1ccc(Cn2ncc(C)c2S(N)(=O)=O)cc1. The van der Waals surface area contributed by atoms with Crippen molar-refractivity contribution >= 4 is 10.0 Å². The van der Waals surface area contributed by atoms with Crippen LogP contribution in [-0.4, -0.2) is 25.3 Å². The van der Waals surface area contributed by atoms with E-state index in [9.17, 15) is 8.42 Å². The molecule has 0 saturated carbocycles. The second-order valence-corrected chi connectivity index (χ2v) is 5.66. The summed E-state index contributed by atoms with van der Waals surface area (Å²) >= 11 is 0. The Morgan fingerprint density at radius 1 is 1.32 bits per heavy atom. The molecule has 0 atom stereocenters. The zero-order valence-corrected chi connectivity index (χ0v) is 11.5. The molecule has 0 bridgehead atoms. The molecule has 0 unspecified atom stereocenters. The second kappa shape index (κ2) is 5.02. The molecule has 19 heavy (non-hydrogen) atoms. The first-order chi connectivity index (χ1) is 8.91. The lowest BCUT2D eigenvalue weighted by molar-refractivity contribution is 0.414. The average Bonchev–Trinajstić information content (AvgIpc) is 2.71. The maximum atomic E-state index is 11.5. The maximum absolute atomic E-state index is 11.5. The number of nitrogens with zero attached hydrogens (tertiary/aromatic N) is 2. The number of nitrogens with two attached hydrogens (primary N) is 1. The van der Waals surface area contributed by atoms with Crippen molar-refractivity contribution in [1.29, 1.82) is 0 Å². The fraction of sp³-hybridized carbons (Fsp3) is 0.250. The van der Waals surface area contributed by atoms with Crippen LogP contribution in [0, 0.1) is 6.92 Å². The normalized spacial score (nSPS) is 11.5. The van der Waals surface area contributed by atoms with Gasteiger partial charge in [0.2, 0.25) is 0 Å². The van der Waals surface area contributed by atoms with Crippen LogP contribution in [0.15, 0.2) is 35.5 Å². The Morgan fingerprint density at radius 2 is 1.95 bits per heavy atom. The number of benzene rings is 1. The number of sulfonamides is 1. The number of hydrogen-bond donors (Lipinski definition) is 1. The van der Waals surface area contributed by atoms with Crippen molar-refractivity contribution in [2.75, 3.05) is 7.11 Å². The van der Waals surface area contributed by atoms with E-state index in [-0.39, 0.29) is 5.03 Å². The minimum Gasteiger partial charge on any atom is -0.497 e. The van der Waals surface area contributed by atoms with Gasteiger partial charge in [-0.2, -0.15) is 5.10 Å². The third-order valence-corrected chi connectivity index (χ3v) is 3.80. The molecule has 0 fully saturated rings. The van der Waals surface area contributed by atoms with E-state index in [1.807, 2.05) is 24.3 Å². The Morgan fingerprint density at radius 3 is 2.47 bits per heavy atom. The monoisotopic (exact) mass is 281 g/mol. The van der Waals surface area contributed by atoms with E-state index in [4.69, 9.17) is 9.88 Å². The summed E-state index contributed by atoms with van der Waals surface area (Å²) in [4.78, 5) is 0. The number of hydrogen-bond acceptors (Lipinski definition) is 4. The molecule has 2 aromatic rings. The Bertz CT molecular complexity index is 675. The highest BCUT2D eigenvalue weighted by Crippen LogP contribution is 2.16. The van der Waals surface area contributed by atoms with Crippen molar-refractivity contribution in [2.45, 2.75) is 18.5 Å². The first-order valence-electron chi connectivity index (χ1n) is 5.60. The molecule has 0 aliphatic heterocycles. The minimum atomic E-state index is -3.78. The number of ether oxygens (including phenoxy) is 1. The van der Waals surface area contributed by atoms with Crippen molar-refractivity contribution in [2.24, 2.45) is 5.14 Å². The minimum absolute atomic E-state index is 0.0447. The van der Waals surface area contributed by atoms with Gasteiger partial charge in [-0.15, -0.1) is 0 Å². The van der Waals surface area contributed by atoms with E-state index in [2.05, 4.69) is 5.10 Å². The number of methoxy groups -OCH3 is 1. The molecular weight excluding hydrogens is 266 g/mol. The summed E-state index contributed by atoms with van der Waals surface area (Å²) in [5.41, 5.74) is 1.45. The van der Waals surface area contributed by atoms with Gasteiger partial charge < -0.3 is 4.74 Å². The van der Waals surface area contributed by atoms with Gasteiger partial charge in [0.05, 0.1) is 19.9 Å². The highest BCUT2D eigenvalue weighted by Gasteiger charge is 2.18. The molecule has 2 N–H and O–H groups in total. The smallest absolute Gasteiger partial charge is 0.255 e. The Labute approximate surface area is 111 Å². The van der Waals surface area contributed by atoms with Gasteiger partial charge in [0.1, 0.15) is 5.75 Å². The molecule has 1 aromatic carbocycles. The zero-order valence-electron chi connectivity index (χ0n) is 10.7. The molecule has 0 aliphatic carbocycles. The summed E-state index contributed by atoms with van der Waals surface area (Å²) in [6.45, 7) is 2.00. The predicted molar refractivity (Wildman–Crippen MR) is 70.4 cm³/mol. The van der Waals surface area contributed by atoms with Gasteiger partial charge in [-0.25, -0.2) is 18.2 Å². The first kappa shape index (κ1) is 13.6. The topological polar surface area (TPSA) is 87.2 Å². The Balaban J connectivity index is 2.33. The summed E-state index contributed by atoms with van der Waals surface area (Å²) in [5.74, 6) is 0.743. The highest BCUT2D eigenvalue weighted by atomic mass is 32.2. The standard InChI is InChI=1S/C12H15N3O3S/c1-9-7-14-15(12(9)19(13,16)17)8-10-3-5-11(18-2)6-4-10/h3-7H,8H2,1-2H3,(H2,13,16,17). The Hall–Kier alpha value is -1.86. The summed E-state index contributed by atoms with van der Waals surface area (Å²) in [6.07, 6.45) is 1.49. The van der Waals surface area contributed by atoms with Crippen molar-refractivity contribution < 1.29 is 13.2 Å². The summed E-state index contributed by atoms with van der Waals surface area (Å²) in [5, 5.41) is 9.28. The van der Waals surface area contributed by atoms with Crippen LogP contribution < -0.4 is 9.88 Å². The van der Waals surface area contributed by atoms with Gasteiger partial charge in [-0.05, 0) is 24.6 Å². The lowest BCUT2D eigenvalue weighted by atomic mass is 10.2. The summed E-state index contributed by atoms with van der Waals surface area (Å²) in [6, 6.07) is 7.32. The predicted octanol–water partition coefficient (Wildman–Crippen LogP) is 0.896. The lowest BCUT2D eigenvalue weighted by Crippen LogP contribution is -2.19.